The van der Waals surface area contributed by atoms with Gasteiger partial charge in [0.2, 0.25) is 10.0 Å². The molecule has 0 radical (unpaired) electrons. The molecule has 0 saturated carbocycles. The monoisotopic (exact) mass is 432 g/mol. The number of carbonyl (C=O) groups excluding carboxylic acids is 1. The maximum Gasteiger partial charge on any atom is 0.410 e. The first-order chi connectivity index (χ1) is 11.5. The minimum absolute atomic E-state index is 0.0446. The molecule has 1 aromatic carbocycles. The summed E-state index contributed by atoms with van der Waals surface area (Å²) in [5, 5.41) is 0. The van der Waals surface area contributed by atoms with Crippen molar-refractivity contribution in [1.82, 2.24) is 9.21 Å². The Balaban J connectivity index is 2.02. The van der Waals surface area contributed by atoms with Crippen molar-refractivity contribution in [1.29, 1.82) is 0 Å². The van der Waals surface area contributed by atoms with Crippen molar-refractivity contribution in [2.24, 2.45) is 0 Å². The third-order valence-electron chi connectivity index (χ3n) is 3.84. The lowest BCUT2D eigenvalue weighted by molar-refractivity contribution is 0.0143. The predicted octanol–water partition coefficient (Wildman–Crippen LogP) is 3.22. The van der Waals surface area contributed by atoms with Crippen LogP contribution in [0.2, 0.25) is 0 Å². The number of hydrogen-bond acceptors (Lipinski definition) is 4. The maximum atomic E-state index is 12.7. The van der Waals surface area contributed by atoms with Crippen LogP contribution < -0.4 is 0 Å². The van der Waals surface area contributed by atoms with Crippen LogP contribution in [0.15, 0.2) is 28.7 Å². The van der Waals surface area contributed by atoms with Crippen LogP contribution in [0.3, 0.4) is 0 Å². The molecule has 8 heteroatoms. The van der Waals surface area contributed by atoms with Crippen LogP contribution in [0.4, 0.5) is 4.79 Å². The van der Waals surface area contributed by atoms with Gasteiger partial charge in [0.1, 0.15) is 5.60 Å². The van der Waals surface area contributed by atoms with Crippen molar-refractivity contribution in [3.63, 3.8) is 0 Å². The molecule has 1 heterocycles. The van der Waals surface area contributed by atoms with Crippen molar-refractivity contribution < 1.29 is 17.9 Å². The van der Waals surface area contributed by atoms with Crippen LogP contribution in [0.5, 0.6) is 0 Å². The summed E-state index contributed by atoms with van der Waals surface area (Å²) < 4.78 is 33.2. The van der Waals surface area contributed by atoms with Gasteiger partial charge in [-0.2, -0.15) is 4.31 Å². The van der Waals surface area contributed by atoms with Gasteiger partial charge in [-0.05, 0) is 45.4 Å². The molecule has 1 amide bonds. The fourth-order valence-corrected chi connectivity index (χ4v) is 4.74. The second kappa shape index (κ2) is 7.63. The summed E-state index contributed by atoms with van der Waals surface area (Å²) in [6.07, 6.45) is -0.399. The van der Waals surface area contributed by atoms with Gasteiger partial charge in [-0.1, -0.05) is 28.1 Å². The zero-order valence-electron chi connectivity index (χ0n) is 15.0. The first-order valence-corrected chi connectivity index (χ1v) is 10.6. The molecule has 0 N–H and O–H groups in total. The Morgan fingerprint density at radius 2 is 1.84 bits per heavy atom. The fourth-order valence-electron chi connectivity index (χ4n) is 2.72. The Morgan fingerprint density at radius 3 is 2.36 bits per heavy atom. The molecule has 2 rings (SSSR count). The lowest BCUT2D eigenvalue weighted by Gasteiger charge is -2.39. The van der Waals surface area contributed by atoms with Gasteiger partial charge < -0.3 is 9.64 Å². The van der Waals surface area contributed by atoms with E-state index in [-0.39, 0.29) is 18.3 Å². The quantitative estimate of drug-likeness (QED) is 0.734. The van der Waals surface area contributed by atoms with Crippen molar-refractivity contribution in [2.45, 2.75) is 45.1 Å². The molecule has 1 saturated heterocycles. The fraction of sp³-hybridized carbons (Fsp3) is 0.588. The largest absolute Gasteiger partial charge is 0.444 e. The number of amides is 1. The first-order valence-electron chi connectivity index (χ1n) is 8.20. The number of ether oxygens (including phenoxy) is 1. The number of rotatable bonds is 3. The van der Waals surface area contributed by atoms with Crippen LogP contribution in [-0.2, 0) is 20.5 Å². The van der Waals surface area contributed by atoms with Crippen molar-refractivity contribution >= 4 is 32.0 Å². The SMILES string of the molecule is C[C@H]1CN(C(=O)OC(C)(C)C)CCN1S(=O)(=O)Cc1ccc(Br)cc1. The van der Waals surface area contributed by atoms with Crippen LogP contribution in [-0.4, -0.2) is 55.0 Å². The van der Waals surface area contributed by atoms with E-state index in [1.165, 1.54) is 4.31 Å². The normalized spacial score (nSPS) is 19.7. The number of sulfonamides is 1. The minimum Gasteiger partial charge on any atom is -0.444 e. The van der Waals surface area contributed by atoms with Crippen molar-refractivity contribution in [3.8, 4) is 0 Å². The van der Waals surface area contributed by atoms with E-state index >= 15 is 0 Å². The number of carbonyl (C=O) groups is 1. The van der Waals surface area contributed by atoms with Gasteiger partial charge in [0.05, 0.1) is 5.75 Å². The Hall–Kier alpha value is -1.12. The zero-order chi connectivity index (χ0) is 18.8. The van der Waals surface area contributed by atoms with E-state index in [4.69, 9.17) is 4.74 Å². The molecule has 1 aliphatic rings. The van der Waals surface area contributed by atoms with E-state index in [9.17, 15) is 13.2 Å². The minimum atomic E-state index is -3.44. The van der Waals surface area contributed by atoms with Gasteiger partial charge in [-0.3, -0.25) is 0 Å². The summed E-state index contributed by atoms with van der Waals surface area (Å²) in [6.45, 7) is 8.19. The molecule has 0 aromatic heterocycles. The highest BCUT2D eigenvalue weighted by molar-refractivity contribution is 9.10. The smallest absolute Gasteiger partial charge is 0.410 e. The van der Waals surface area contributed by atoms with E-state index in [0.717, 1.165) is 10.0 Å². The zero-order valence-corrected chi connectivity index (χ0v) is 17.4. The molecule has 1 atom stereocenters. The summed E-state index contributed by atoms with van der Waals surface area (Å²) in [6, 6.07) is 6.96. The van der Waals surface area contributed by atoms with Gasteiger partial charge in [-0.25, -0.2) is 13.2 Å². The Labute approximate surface area is 158 Å². The molecular weight excluding hydrogens is 408 g/mol. The third-order valence-corrected chi connectivity index (χ3v) is 6.32. The molecule has 0 spiro atoms. The first kappa shape index (κ1) is 20.2. The molecule has 25 heavy (non-hydrogen) atoms. The highest BCUT2D eigenvalue weighted by Gasteiger charge is 2.35. The van der Waals surface area contributed by atoms with E-state index in [0.29, 0.717) is 13.1 Å². The third kappa shape index (κ3) is 5.69. The van der Waals surface area contributed by atoms with Crippen LogP contribution in [0.1, 0.15) is 33.3 Å². The highest BCUT2D eigenvalue weighted by atomic mass is 79.9. The molecule has 0 aliphatic carbocycles. The Morgan fingerprint density at radius 1 is 1.24 bits per heavy atom. The molecule has 1 aliphatic heterocycles. The van der Waals surface area contributed by atoms with E-state index in [2.05, 4.69) is 15.9 Å². The average Bonchev–Trinajstić information content (AvgIpc) is 2.47. The summed E-state index contributed by atoms with van der Waals surface area (Å²) in [4.78, 5) is 13.7. The van der Waals surface area contributed by atoms with E-state index in [1.807, 2.05) is 39.8 Å². The maximum absolute atomic E-state index is 12.7. The number of hydrogen-bond donors (Lipinski definition) is 0. The second-order valence-electron chi connectivity index (χ2n) is 7.27. The van der Waals surface area contributed by atoms with Crippen LogP contribution in [0.25, 0.3) is 0 Å². The molecule has 1 aromatic rings. The Bertz CT molecular complexity index is 713. The standard InChI is InChI=1S/C17H25BrN2O4S/c1-13-11-19(16(21)24-17(2,3)4)9-10-20(13)25(22,23)12-14-5-7-15(18)8-6-14/h5-8,13H,9-12H2,1-4H3/t13-/m0/s1. The molecule has 0 bridgehead atoms. The topological polar surface area (TPSA) is 66.9 Å². The van der Waals surface area contributed by atoms with Gasteiger partial charge >= 0.3 is 6.09 Å². The number of piperazine rings is 1. The molecule has 6 nitrogen and oxygen atoms in total. The van der Waals surface area contributed by atoms with E-state index < -0.39 is 21.7 Å². The highest BCUT2D eigenvalue weighted by Crippen LogP contribution is 2.21. The summed E-state index contributed by atoms with van der Waals surface area (Å²) in [5.74, 6) is -0.0446. The van der Waals surface area contributed by atoms with Crippen LogP contribution in [0, 0.1) is 0 Å². The van der Waals surface area contributed by atoms with Crippen LogP contribution >= 0.6 is 15.9 Å². The van der Waals surface area contributed by atoms with E-state index in [1.54, 1.807) is 17.0 Å². The molecular formula is C17H25BrN2O4S. The molecule has 0 unspecified atom stereocenters. The average molecular weight is 433 g/mol. The number of halogens is 1. The number of nitrogens with zero attached hydrogens (tertiary/aromatic N) is 2. The molecule has 1 fully saturated rings. The Kier molecular flexibility index (Phi) is 6.17. The van der Waals surface area contributed by atoms with Gasteiger partial charge in [0, 0.05) is 30.1 Å². The van der Waals surface area contributed by atoms with Crippen molar-refractivity contribution in [2.75, 3.05) is 19.6 Å². The lowest BCUT2D eigenvalue weighted by atomic mass is 10.2. The lowest BCUT2D eigenvalue weighted by Crippen LogP contribution is -2.56. The van der Waals surface area contributed by atoms with Crippen molar-refractivity contribution in [3.05, 3.63) is 34.3 Å². The predicted molar refractivity (Wildman–Crippen MR) is 101 cm³/mol. The second-order valence-corrected chi connectivity index (χ2v) is 10.1. The number of benzene rings is 1. The van der Waals surface area contributed by atoms with Gasteiger partial charge in [-0.15, -0.1) is 0 Å². The van der Waals surface area contributed by atoms with Gasteiger partial charge in [0.25, 0.3) is 0 Å². The summed E-state index contributed by atoms with van der Waals surface area (Å²) in [5.41, 5.74) is 0.176. The van der Waals surface area contributed by atoms with Gasteiger partial charge in [0.15, 0.2) is 0 Å². The summed E-state index contributed by atoms with van der Waals surface area (Å²) >= 11 is 3.34. The summed E-state index contributed by atoms with van der Waals surface area (Å²) in [7, 11) is -3.44. The molecule has 140 valence electrons.